The minimum absolute atomic E-state index is 0.0295. The van der Waals surface area contributed by atoms with E-state index in [2.05, 4.69) is 15.8 Å². The van der Waals surface area contributed by atoms with Crippen LogP contribution in [0.15, 0.2) is 47.6 Å². The summed E-state index contributed by atoms with van der Waals surface area (Å²) in [5, 5.41) is 7.19. The Hall–Kier alpha value is -2.86. The van der Waals surface area contributed by atoms with Crippen LogP contribution in [-0.2, 0) is 9.59 Å². The Bertz CT molecular complexity index is 821. The first-order chi connectivity index (χ1) is 12.5. The molecule has 0 bridgehead atoms. The van der Waals surface area contributed by atoms with Crippen molar-refractivity contribution in [2.75, 3.05) is 12.4 Å². The Balaban J connectivity index is 1.81. The number of anilines is 1. The number of para-hydroxylation sites is 1. The van der Waals surface area contributed by atoms with Crippen molar-refractivity contribution in [2.24, 2.45) is 5.10 Å². The molecule has 7 heteroatoms. The van der Waals surface area contributed by atoms with Crippen LogP contribution in [0.25, 0.3) is 0 Å². The molecule has 0 aliphatic heterocycles. The highest BCUT2D eigenvalue weighted by Crippen LogP contribution is 2.20. The number of hydrogen-bond acceptors (Lipinski definition) is 4. The molecule has 6 nitrogen and oxygen atoms in total. The van der Waals surface area contributed by atoms with Crippen LogP contribution in [0.1, 0.15) is 24.0 Å². The van der Waals surface area contributed by atoms with Gasteiger partial charge in [0.05, 0.1) is 13.3 Å². The van der Waals surface area contributed by atoms with Gasteiger partial charge in [0.2, 0.25) is 11.8 Å². The molecular weight excluding hydrogens is 354 g/mol. The van der Waals surface area contributed by atoms with E-state index in [0.717, 1.165) is 11.3 Å². The summed E-state index contributed by atoms with van der Waals surface area (Å²) < 4.78 is 5.19. The Morgan fingerprint density at radius 1 is 1.15 bits per heavy atom. The summed E-state index contributed by atoms with van der Waals surface area (Å²) >= 11 is 5.93. The average Bonchev–Trinajstić information content (AvgIpc) is 2.62. The zero-order chi connectivity index (χ0) is 18.9. The third kappa shape index (κ3) is 5.89. The molecule has 0 aliphatic rings. The molecule has 0 atom stereocenters. The number of halogens is 1. The van der Waals surface area contributed by atoms with Crippen molar-refractivity contribution in [1.29, 1.82) is 0 Å². The highest BCUT2D eigenvalue weighted by Gasteiger charge is 2.08. The summed E-state index contributed by atoms with van der Waals surface area (Å²) in [7, 11) is 1.53. The molecule has 2 aromatic carbocycles. The van der Waals surface area contributed by atoms with Crippen molar-refractivity contribution in [2.45, 2.75) is 19.8 Å². The van der Waals surface area contributed by atoms with Crippen molar-refractivity contribution < 1.29 is 14.3 Å². The highest BCUT2D eigenvalue weighted by atomic mass is 35.5. The third-order valence-electron chi connectivity index (χ3n) is 3.58. The van der Waals surface area contributed by atoms with E-state index in [1.165, 1.54) is 13.3 Å². The van der Waals surface area contributed by atoms with Gasteiger partial charge in [-0.05, 0) is 36.8 Å². The second-order valence-corrected chi connectivity index (χ2v) is 5.98. The molecule has 0 aromatic heterocycles. The summed E-state index contributed by atoms with van der Waals surface area (Å²) in [6.45, 7) is 1.90. The van der Waals surface area contributed by atoms with Crippen LogP contribution in [0.3, 0.4) is 0 Å². The van der Waals surface area contributed by atoms with E-state index < -0.39 is 0 Å². The Morgan fingerprint density at radius 2 is 1.88 bits per heavy atom. The van der Waals surface area contributed by atoms with Crippen molar-refractivity contribution in [1.82, 2.24) is 5.43 Å². The van der Waals surface area contributed by atoms with E-state index >= 15 is 0 Å². The molecule has 0 aliphatic carbocycles. The number of methoxy groups -OCH3 is 1. The fraction of sp³-hybridized carbons (Fsp3) is 0.211. The lowest BCUT2D eigenvalue weighted by atomic mass is 10.2. The number of amides is 2. The van der Waals surface area contributed by atoms with Crippen LogP contribution in [0, 0.1) is 6.92 Å². The Kier molecular flexibility index (Phi) is 7.17. The summed E-state index contributed by atoms with van der Waals surface area (Å²) in [5.74, 6) is 0.00197. The van der Waals surface area contributed by atoms with Gasteiger partial charge in [0, 0.05) is 29.1 Å². The minimum atomic E-state index is -0.359. The number of nitrogens with one attached hydrogen (secondary N) is 2. The van der Waals surface area contributed by atoms with Crippen LogP contribution < -0.4 is 15.5 Å². The van der Waals surface area contributed by atoms with Gasteiger partial charge in [0.15, 0.2) is 0 Å². The molecule has 0 heterocycles. The SMILES string of the molecule is COc1ccc(Cl)cc1C=NNC(=O)CCC(=O)Nc1ccccc1C. The maximum absolute atomic E-state index is 11.9. The fourth-order valence-corrected chi connectivity index (χ4v) is 2.37. The first-order valence-corrected chi connectivity index (χ1v) is 8.38. The van der Waals surface area contributed by atoms with Crippen LogP contribution >= 0.6 is 11.6 Å². The topological polar surface area (TPSA) is 79.8 Å². The number of rotatable bonds is 7. The highest BCUT2D eigenvalue weighted by molar-refractivity contribution is 6.30. The lowest BCUT2D eigenvalue weighted by Gasteiger charge is -2.07. The second-order valence-electron chi connectivity index (χ2n) is 5.54. The standard InChI is InChI=1S/C19H20ClN3O3/c1-13-5-3-4-6-16(13)22-18(24)9-10-19(25)23-21-12-14-11-15(20)7-8-17(14)26-2/h3-8,11-12H,9-10H2,1-2H3,(H,22,24)(H,23,25). The van der Waals surface area contributed by atoms with Gasteiger partial charge in [-0.15, -0.1) is 0 Å². The van der Waals surface area contributed by atoms with Gasteiger partial charge < -0.3 is 10.1 Å². The molecule has 26 heavy (non-hydrogen) atoms. The normalized spacial score (nSPS) is 10.6. The van der Waals surface area contributed by atoms with Crippen molar-refractivity contribution >= 4 is 35.3 Å². The third-order valence-corrected chi connectivity index (χ3v) is 3.82. The Morgan fingerprint density at radius 3 is 2.62 bits per heavy atom. The number of carbonyl (C=O) groups excluding carboxylic acids is 2. The summed E-state index contributed by atoms with van der Waals surface area (Å²) in [5.41, 5.74) is 4.72. The van der Waals surface area contributed by atoms with Crippen molar-refractivity contribution in [3.05, 3.63) is 58.6 Å². The quantitative estimate of drug-likeness (QED) is 0.575. The lowest BCUT2D eigenvalue weighted by molar-refractivity contribution is -0.124. The van der Waals surface area contributed by atoms with Gasteiger partial charge in [-0.25, -0.2) is 5.43 Å². The molecule has 2 N–H and O–H groups in total. The van der Waals surface area contributed by atoms with Crippen molar-refractivity contribution in [3.8, 4) is 5.75 Å². The molecule has 0 fully saturated rings. The summed E-state index contributed by atoms with van der Waals surface area (Å²) in [6, 6.07) is 12.5. The molecule has 0 saturated heterocycles. The second kappa shape index (κ2) is 9.58. The van der Waals surface area contributed by atoms with E-state index in [1.807, 2.05) is 31.2 Å². The molecule has 2 amide bonds. The van der Waals surface area contributed by atoms with Crippen LogP contribution in [0.4, 0.5) is 5.69 Å². The number of aryl methyl sites for hydroxylation is 1. The lowest BCUT2D eigenvalue weighted by Crippen LogP contribution is -2.20. The van der Waals surface area contributed by atoms with E-state index in [4.69, 9.17) is 16.3 Å². The van der Waals surface area contributed by atoms with Gasteiger partial charge in [0.1, 0.15) is 5.75 Å². The number of ether oxygens (including phenoxy) is 1. The molecule has 0 spiro atoms. The molecular formula is C19H20ClN3O3. The zero-order valence-corrected chi connectivity index (χ0v) is 15.3. The van der Waals surface area contributed by atoms with E-state index in [-0.39, 0.29) is 24.7 Å². The predicted octanol–water partition coefficient (Wildman–Crippen LogP) is 3.53. The maximum atomic E-state index is 11.9. The number of carbonyl (C=O) groups is 2. The van der Waals surface area contributed by atoms with Gasteiger partial charge >= 0.3 is 0 Å². The molecule has 2 aromatic rings. The summed E-state index contributed by atoms with van der Waals surface area (Å²) in [6.07, 6.45) is 1.54. The Labute approximate surface area is 157 Å². The first kappa shape index (κ1) is 19.5. The number of nitrogens with zero attached hydrogens (tertiary/aromatic N) is 1. The van der Waals surface area contributed by atoms with Gasteiger partial charge in [0.25, 0.3) is 0 Å². The molecule has 2 rings (SSSR count). The van der Waals surface area contributed by atoms with Crippen LogP contribution in [-0.4, -0.2) is 25.1 Å². The molecule has 0 radical (unpaired) electrons. The molecule has 0 saturated carbocycles. The van der Waals surface area contributed by atoms with Crippen LogP contribution in [0.5, 0.6) is 5.75 Å². The summed E-state index contributed by atoms with van der Waals surface area (Å²) in [4.78, 5) is 23.7. The smallest absolute Gasteiger partial charge is 0.240 e. The fourth-order valence-electron chi connectivity index (χ4n) is 2.19. The largest absolute Gasteiger partial charge is 0.496 e. The van der Waals surface area contributed by atoms with Gasteiger partial charge in [-0.1, -0.05) is 29.8 Å². The number of benzene rings is 2. The molecule has 0 unspecified atom stereocenters. The van der Waals surface area contributed by atoms with E-state index in [1.54, 1.807) is 18.2 Å². The number of hydrogen-bond donors (Lipinski definition) is 2. The minimum Gasteiger partial charge on any atom is -0.496 e. The zero-order valence-electron chi connectivity index (χ0n) is 14.6. The average molecular weight is 374 g/mol. The number of hydrazone groups is 1. The monoisotopic (exact) mass is 373 g/mol. The predicted molar refractivity (Wildman–Crippen MR) is 103 cm³/mol. The van der Waals surface area contributed by atoms with E-state index in [0.29, 0.717) is 16.3 Å². The molecule has 136 valence electrons. The van der Waals surface area contributed by atoms with Gasteiger partial charge in [-0.2, -0.15) is 5.10 Å². The van der Waals surface area contributed by atoms with Crippen molar-refractivity contribution in [3.63, 3.8) is 0 Å². The van der Waals surface area contributed by atoms with Crippen LogP contribution in [0.2, 0.25) is 5.02 Å². The van der Waals surface area contributed by atoms with E-state index in [9.17, 15) is 9.59 Å². The maximum Gasteiger partial charge on any atom is 0.240 e. The van der Waals surface area contributed by atoms with Gasteiger partial charge in [-0.3, -0.25) is 9.59 Å². The first-order valence-electron chi connectivity index (χ1n) is 8.00.